The molecule has 1 fully saturated rings. The number of furan rings is 1. The number of nitrogens with zero attached hydrogens (tertiary/aromatic N) is 3. The highest BCUT2D eigenvalue weighted by atomic mass is 16.3. The van der Waals surface area contributed by atoms with Crippen LogP contribution >= 0.6 is 0 Å². The van der Waals surface area contributed by atoms with Crippen molar-refractivity contribution < 1.29 is 4.42 Å². The molecule has 1 saturated heterocycles. The van der Waals surface area contributed by atoms with Crippen LogP contribution < -0.4 is 0 Å². The van der Waals surface area contributed by atoms with Crippen molar-refractivity contribution in [2.75, 3.05) is 13.1 Å². The summed E-state index contributed by atoms with van der Waals surface area (Å²) in [5.41, 5.74) is 4.24. The summed E-state index contributed by atoms with van der Waals surface area (Å²) >= 11 is 0. The first-order valence-electron chi connectivity index (χ1n) is 10.1. The van der Waals surface area contributed by atoms with E-state index in [1.807, 2.05) is 29.1 Å². The molecule has 0 amide bonds. The second kappa shape index (κ2) is 7.28. The third-order valence-electron chi connectivity index (χ3n) is 5.84. The molecular formula is C24H25N3O. The van der Waals surface area contributed by atoms with E-state index in [-0.39, 0.29) is 0 Å². The maximum atomic E-state index is 6.16. The van der Waals surface area contributed by atoms with Gasteiger partial charge in [-0.2, -0.15) is 5.10 Å². The molecule has 1 unspecified atom stereocenters. The van der Waals surface area contributed by atoms with E-state index >= 15 is 0 Å². The van der Waals surface area contributed by atoms with Gasteiger partial charge in [0.25, 0.3) is 0 Å². The highest BCUT2D eigenvalue weighted by Crippen LogP contribution is 2.28. The fourth-order valence-electron chi connectivity index (χ4n) is 4.16. The fourth-order valence-corrected chi connectivity index (χ4v) is 4.16. The van der Waals surface area contributed by atoms with Crippen LogP contribution in [-0.2, 0) is 6.42 Å². The first kappa shape index (κ1) is 17.3. The Morgan fingerprint density at radius 2 is 1.96 bits per heavy atom. The minimum absolute atomic E-state index is 0.706. The average Bonchev–Trinajstić information content (AvgIpc) is 3.46. The molecule has 5 rings (SSSR count). The van der Waals surface area contributed by atoms with Crippen LogP contribution in [0, 0.1) is 0 Å². The van der Waals surface area contributed by atoms with Gasteiger partial charge in [-0.1, -0.05) is 30.3 Å². The smallest absolute Gasteiger partial charge is 0.134 e. The van der Waals surface area contributed by atoms with Crippen LogP contribution in [0.2, 0.25) is 0 Å². The van der Waals surface area contributed by atoms with E-state index in [4.69, 9.17) is 4.42 Å². The average molecular weight is 371 g/mol. The maximum absolute atomic E-state index is 6.16. The molecule has 0 spiro atoms. The first-order valence-corrected chi connectivity index (χ1v) is 10.1. The van der Waals surface area contributed by atoms with Crippen molar-refractivity contribution in [1.82, 2.24) is 14.7 Å². The molecular weight excluding hydrogens is 346 g/mol. The van der Waals surface area contributed by atoms with Gasteiger partial charge in [-0.15, -0.1) is 0 Å². The molecule has 2 aromatic heterocycles. The molecule has 142 valence electrons. The number of hydrogen-bond acceptors (Lipinski definition) is 3. The summed E-state index contributed by atoms with van der Waals surface area (Å²) in [7, 11) is 0. The highest BCUT2D eigenvalue weighted by Gasteiger charge is 2.20. The normalized spacial score (nSPS) is 17.5. The lowest BCUT2D eigenvalue weighted by atomic mass is 10.1. The van der Waals surface area contributed by atoms with Gasteiger partial charge in [0.2, 0.25) is 0 Å². The van der Waals surface area contributed by atoms with Crippen LogP contribution in [0.5, 0.6) is 0 Å². The van der Waals surface area contributed by atoms with Crippen LogP contribution in [-0.4, -0.2) is 33.8 Å². The Balaban J connectivity index is 1.36. The topological polar surface area (TPSA) is 34.2 Å². The van der Waals surface area contributed by atoms with Crippen LogP contribution in [0.3, 0.4) is 0 Å². The number of fused-ring (bicyclic) bond motifs is 1. The van der Waals surface area contributed by atoms with Gasteiger partial charge >= 0.3 is 0 Å². The summed E-state index contributed by atoms with van der Waals surface area (Å²) in [6.07, 6.45) is 7.59. The Hall–Kier alpha value is -2.85. The van der Waals surface area contributed by atoms with Crippen molar-refractivity contribution >= 4 is 11.0 Å². The summed E-state index contributed by atoms with van der Waals surface area (Å²) in [6, 6.07) is 19.5. The molecule has 2 aromatic carbocycles. The standard InChI is InChI=1S/C24H25N3O/c1-18-6-5-12-26(18)13-11-23-14-20-10-9-19(15-24(20)28-23)21-16-25-27(17-21)22-7-3-2-4-8-22/h2-4,7-10,14-18H,5-6,11-13H2,1H3. The summed E-state index contributed by atoms with van der Waals surface area (Å²) in [5, 5.41) is 5.68. The Labute approximate surface area is 165 Å². The molecule has 28 heavy (non-hydrogen) atoms. The second-order valence-electron chi connectivity index (χ2n) is 7.75. The summed E-state index contributed by atoms with van der Waals surface area (Å²) in [5.74, 6) is 1.08. The summed E-state index contributed by atoms with van der Waals surface area (Å²) < 4.78 is 8.07. The molecule has 0 aliphatic carbocycles. The zero-order valence-corrected chi connectivity index (χ0v) is 16.2. The number of hydrogen-bond donors (Lipinski definition) is 0. The first-order chi connectivity index (χ1) is 13.8. The van der Waals surface area contributed by atoms with Crippen molar-refractivity contribution in [2.24, 2.45) is 0 Å². The van der Waals surface area contributed by atoms with E-state index in [0.29, 0.717) is 6.04 Å². The van der Waals surface area contributed by atoms with Gasteiger partial charge in [0.05, 0.1) is 11.9 Å². The van der Waals surface area contributed by atoms with Gasteiger partial charge < -0.3 is 9.32 Å². The molecule has 0 radical (unpaired) electrons. The lowest BCUT2D eigenvalue weighted by Gasteiger charge is -2.19. The van der Waals surface area contributed by atoms with E-state index in [1.54, 1.807) is 0 Å². The lowest BCUT2D eigenvalue weighted by molar-refractivity contribution is 0.266. The molecule has 4 nitrogen and oxygen atoms in total. The molecule has 1 aliphatic rings. The van der Waals surface area contributed by atoms with Crippen molar-refractivity contribution in [1.29, 1.82) is 0 Å². The number of para-hydroxylation sites is 1. The maximum Gasteiger partial charge on any atom is 0.134 e. The quantitative estimate of drug-likeness (QED) is 0.477. The SMILES string of the molecule is CC1CCCN1CCc1cc2ccc(-c3cnn(-c4ccccc4)c3)cc2o1. The molecule has 4 aromatic rings. The molecule has 0 saturated carbocycles. The van der Waals surface area contributed by atoms with Crippen LogP contribution in [0.15, 0.2) is 71.4 Å². The van der Waals surface area contributed by atoms with Gasteiger partial charge in [0.15, 0.2) is 0 Å². The predicted molar refractivity (Wildman–Crippen MR) is 113 cm³/mol. The third-order valence-corrected chi connectivity index (χ3v) is 5.84. The fraction of sp³-hybridized carbons (Fsp3) is 0.292. The van der Waals surface area contributed by atoms with Gasteiger partial charge in [-0.05, 0) is 56.1 Å². The number of aromatic nitrogens is 2. The monoisotopic (exact) mass is 371 g/mol. The number of benzene rings is 2. The van der Waals surface area contributed by atoms with Crippen LogP contribution in [0.25, 0.3) is 27.8 Å². The lowest BCUT2D eigenvalue weighted by Crippen LogP contribution is -2.28. The highest BCUT2D eigenvalue weighted by molar-refractivity contribution is 5.83. The van der Waals surface area contributed by atoms with Gasteiger partial charge in [0.1, 0.15) is 11.3 Å². The van der Waals surface area contributed by atoms with Gasteiger partial charge in [-0.25, -0.2) is 4.68 Å². The third kappa shape index (κ3) is 3.36. The Bertz CT molecular complexity index is 1080. The Morgan fingerprint density at radius 3 is 2.79 bits per heavy atom. The van der Waals surface area contributed by atoms with Gasteiger partial charge in [-0.3, -0.25) is 0 Å². The second-order valence-corrected chi connectivity index (χ2v) is 7.75. The number of rotatable bonds is 5. The van der Waals surface area contributed by atoms with E-state index in [1.165, 1.54) is 24.8 Å². The molecule has 4 heteroatoms. The summed E-state index contributed by atoms with van der Waals surface area (Å²) in [6.45, 7) is 4.63. The number of likely N-dealkylation sites (tertiary alicyclic amines) is 1. The summed E-state index contributed by atoms with van der Waals surface area (Å²) in [4.78, 5) is 2.57. The van der Waals surface area contributed by atoms with Crippen molar-refractivity contribution in [2.45, 2.75) is 32.2 Å². The van der Waals surface area contributed by atoms with E-state index in [9.17, 15) is 0 Å². The molecule has 3 heterocycles. The minimum atomic E-state index is 0.706. The Morgan fingerprint density at radius 1 is 1.07 bits per heavy atom. The minimum Gasteiger partial charge on any atom is -0.461 e. The predicted octanol–water partition coefficient (Wildman–Crippen LogP) is 5.31. The van der Waals surface area contributed by atoms with Crippen LogP contribution in [0.1, 0.15) is 25.5 Å². The molecule has 0 bridgehead atoms. The van der Waals surface area contributed by atoms with Crippen molar-refractivity contribution in [3.8, 4) is 16.8 Å². The van der Waals surface area contributed by atoms with E-state index < -0.39 is 0 Å². The van der Waals surface area contributed by atoms with Gasteiger partial charge in [0, 0.05) is 36.2 Å². The molecule has 1 aliphatic heterocycles. The zero-order chi connectivity index (χ0) is 18.9. The van der Waals surface area contributed by atoms with Crippen molar-refractivity contribution in [3.63, 3.8) is 0 Å². The van der Waals surface area contributed by atoms with Crippen molar-refractivity contribution in [3.05, 3.63) is 72.8 Å². The van der Waals surface area contributed by atoms with E-state index in [2.05, 4.69) is 59.5 Å². The molecule has 1 atom stereocenters. The molecule has 0 N–H and O–H groups in total. The largest absolute Gasteiger partial charge is 0.461 e. The van der Waals surface area contributed by atoms with Crippen LogP contribution in [0.4, 0.5) is 0 Å². The van der Waals surface area contributed by atoms with E-state index in [0.717, 1.165) is 41.1 Å². The zero-order valence-electron chi connectivity index (χ0n) is 16.2. The Kier molecular flexibility index (Phi) is 4.49.